The Morgan fingerprint density at radius 1 is 1.14 bits per heavy atom. The Bertz CT molecular complexity index is 1140. The van der Waals surface area contributed by atoms with Gasteiger partial charge in [0.1, 0.15) is 0 Å². The number of carbonyl (C=O) groups is 1. The molecule has 0 saturated heterocycles. The molecule has 0 bridgehead atoms. The molecule has 1 heterocycles. The zero-order valence-corrected chi connectivity index (χ0v) is 16.7. The SMILES string of the molecule is CS(=O)(=O)c1cccc(NC(=O)c2c(Cl)cc(Nc3n[nH]c(N)n3)cc2Cl)c1. The Hall–Kier alpha value is -2.82. The molecule has 0 aliphatic rings. The molecule has 3 rings (SSSR count). The summed E-state index contributed by atoms with van der Waals surface area (Å²) in [6.45, 7) is 0. The van der Waals surface area contributed by atoms with Crippen LogP contribution in [-0.4, -0.2) is 35.8 Å². The monoisotopic (exact) mass is 440 g/mol. The minimum atomic E-state index is -3.41. The average molecular weight is 441 g/mol. The number of nitrogens with one attached hydrogen (secondary N) is 3. The number of H-pyrrole nitrogens is 1. The summed E-state index contributed by atoms with van der Waals surface area (Å²) in [5.41, 5.74) is 6.23. The fraction of sp³-hybridized carbons (Fsp3) is 0.0625. The number of sulfone groups is 1. The molecule has 0 saturated carbocycles. The van der Waals surface area contributed by atoms with Gasteiger partial charge in [0, 0.05) is 17.6 Å². The maximum Gasteiger partial charge on any atom is 0.258 e. The van der Waals surface area contributed by atoms with Gasteiger partial charge < -0.3 is 16.4 Å². The van der Waals surface area contributed by atoms with Gasteiger partial charge in [0.25, 0.3) is 5.91 Å². The highest BCUT2D eigenvalue weighted by molar-refractivity contribution is 7.90. The first kappa shape index (κ1) is 19.9. The van der Waals surface area contributed by atoms with Gasteiger partial charge in [-0.2, -0.15) is 4.98 Å². The lowest BCUT2D eigenvalue weighted by atomic mass is 10.1. The highest BCUT2D eigenvalue weighted by atomic mass is 35.5. The largest absolute Gasteiger partial charge is 0.368 e. The van der Waals surface area contributed by atoms with E-state index >= 15 is 0 Å². The van der Waals surface area contributed by atoms with Crippen LogP contribution in [0.15, 0.2) is 41.3 Å². The first-order valence-electron chi connectivity index (χ1n) is 7.69. The number of amides is 1. The van der Waals surface area contributed by atoms with Crippen molar-refractivity contribution in [2.45, 2.75) is 4.90 Å². The lowest BCUT2D eigenvalue weighted by Gasteiger charge is -2.11. The van der Waals surface area contributed by atoms with Crippen LogP contribution in [0.4, 0.5) is 23.3 Å². The average Bonchev–Trinajstić information content (AvgIpc) is 2.98. The van der Waals surface area contributed by atoms with E-state index in [1.165, 1.54) is 30.3 Å². The van der Waals surface area contributed by atoms with Crippen LogP contribution in [0.2, 0.25) is 10.0 Å². The van der Waals surface area contributed by atoms with Crippen molar-refractivity contribution >= 4 is 62.2 Å². The van der Waals surface area contributed by atoms with E-state index in [2.05, 4.69) is 25.8 Å². The Balaban J connectivity index is 1.84. The molecule has 2 aromatic carbocycles. The number of benzene rings is 2. The van der Waals surface area contributed by atoms with Crippen molar-refractivity contribution in [2.24, 2.45) is 0 Å². The number of hydrogen-bond acceptors (Lipinski definition) is 7. The third-order valence-electron chi connectivity index (χ3n) is 3.55. The third kappa shape index (κ3) is 4.53. The number of nitrogens with zero attached hydrogens (tertiary/aromatic N) is 2. The van der Waals surface area contributed by atoms with Crippen LogP contribution in [0.1, 0.15) is 10.4 Å². The number of aromatic amines is 1. The highest BCUT2D eigenvalue weighted by Crippen LogP contribution is 2.31. The molecule has 3 aromatic rings. The van der Waals surface area contributed by atoms with Crippen LogP contribution in [0, 0.1) is 0 Å². The van der Waals surface area contributed by atoms with E-state index < -0.39 is 15.7 Å². The summed E-state index contributed by atoms with van der Waals surface area (Å²) in [6.07, 6.45) is 1.08. The van der Waals surface area contributed by atoms with Crippen molar-refractivity contribution in [2.75, 3.05) is 22.6 Å². The minimum absolute atomic E-state index is 0.0353. The summed E-state index contributed by atoms with van der Waals surface area (Å²) in [7, 11) is -3.41. The fourth-order valence-electron chi connectivity index (χ4n) is 2.32. The van der Waals surface area contributed by atoms with Gasteiger partial charge in [-0.05, 0) is 30.3 Å². The lowest BCUT2D eigenvalue weighted by molar-refractivity contribution is 0.102. The standard InChI is InChI=1S/C16H14Cl2N6O3S/c1-28(26,27)10-4-2-3-8(5-10)20-14(25)13-11(17)6-9(7-12(13)18)21-16-22-15(19)23-24-16/h2-7H,1H3,(H,20,25)(H4,19,21,22,23,24). The summed E-state index contributed by atoms with van der Waals surface area (Å²) < 4.78 is 23.3. The highest BCUT2D eigenvalue weighted by Gasteiger charge is 2.18. The van der Waals surface area contributed by atoms with Crippen LogP contribution in [-0.2, 0) is 9.84 Å². The molecular weight excluding hydrogens is 427 g/mol. The maximum absolute atomic E-state index is 12.6. The molecule has 1 amide bonds. The summed E-state index contributed by atoms with van der Waals surface area (Å²) in [6, 6.07) is 8.80. The summed E-state index contributed by atoms with van der Waals surface area (Å²) in [5, 5.41) is 11.9. The fourth-order valence-corrected chi connectivity index (χ4v) is 3.65. The molecule has 146 valence electrons. The van der Waals surface area contributed by atoms with Gasteiger partial charge in [-0.15, -0.1) is 5.10 Å². The van der Waals surface area contributed by atoms with Crippen molar-refractivity contribution in [3.63, 3.8) is 0 Å². The Morgan fingerprint density at radius 2 is 1.82 bits per heavy atom. The molecule has 28 heavy (non-hydrogen) atoms. The molecule has 0 radical (unpaired) electrons. The Labute approximate surface area is 170 Å². The maximum atomic E-state index is 12.6. The molecule has 0 aliphatic carbocycles. The zero-order chi connectivity index (χ0) is 20.5. The van der Waals surface area contributed by atoms with Crippen molar-refractivity contribution in [1.82, 2.24) is 15.2 Å². The first-order valence-corrected chi connectivity index (χ1v) is 10.3. The topological polar surface area (TPSA) is 143 Å². The first-order chi connectivity index (χ1) is 13.1. The van der Waals surface area contributed by atoms with Crippen molar-refractivity contribution in [3.05, 3.63) is 52.0 Å². The van der Waals surface area contributed by atoms with E-state index in [4.69, 9.17) is 28.9 Å². The molecular formula is C16H14Cl2N6O3S. The van der Waals surface area contributed by atoms with Crippen LogP contribution >= 0.6 is 23.2 Å². The van der Waals surface area contributed by atoms with Gasteiger partial charge in [0.15, 0.2) is 9.84 Å². The summed E-state index contributed by atoms with van der Waals surface area (Å²) in [5.74, 6) is -0.249. The van der Waals surface area contributed by atoms with Gasteiger partial charge in [-0.25, -0.2) is 13.5 Å². The molecule has 0 aliphatic heterocycles. The number of nitrogen functional groups attached to an aromatic ring is 1. The lowest BCUT2D eigenvalue weighted by Crippen LogP contribution is -2.14. The van der Waals surface area contributed by atoms with Crippen LogP contribution < -0.4 is 16.4 Å². The normalized spacial score (nSPS) is 11.2. The molecule has 5 N–H and O–H groups in total. The number of anilines is 4. The van der Waals surface area contributed by atoms with E-state index in [0.717, 1.165) is 6.26 Å². The predicted molar refractivity (Wildman–Crippen MR) is 108 cm³/mol. The van der Waals surface area contributed by atoms with Crippen molar-refractivity contribution < 1.29 is 13.2 Å². The number of rotatable bonds is 5. The number of hydrogen-bond donors (Lipinski definition) is 4. The van der Waals surface area contributed by atoms with E-state index in [-0.39, 0.29) is 32.4 Å². The second-order valence-corrected chi connectivity index (χ2v) is 8.57. The molecule has 0 fully saturated rings. The van der Waals surface area contributed by atoms with Gasteiger partial charge in [0.2, 0.25) is 11.9 Å². The van der Waals surface area contributed by atoms with E-state index in [9.17, 15) is 13.2 Å². The minimum Gasteiger partial charge on any atom is -0.368 e. The second kappa shape index (κ2) is 7.66. The summed E-state index contributed by atoms with van der Waals surface area (Å²) >= 11 is 12.4. The van der Waals surface area contributed by atoms with Crippen molar-refractivity contribution in [3.8, 4) is 0 Å². The van der Waals surface area contributed by atoms with Crippen molar-refractivity contribution in [1.29, 1.82) is 0 Å². The summed E-state index contributed by atoms with van der Waals surface area (Å²) in [4.78, 5) is 16.6. The molecule has 0 unspecified atom stereocenters. The number of nitrogens with two attached hydrogens (primary N) is 1. The van der Waals surface area contributed by atoms with Gasteiger partial charge in [0.05, 0.1) is 20.5 Å². The molecule has 9 nitrogen and oxygen atoms in total. The quantitative estimate of drug-likeness (QED) is 0.476. The number of halogens is 2. The Kier molecular flexibility index (Phi) is 5.45. The van der Waals surface area contributed by atoms with E-state index in [1.54, 1.807) is 6.07 Å². The third-order valence-corrected chi connectivity index (χ3v) is 5.25. The number of aromatic nitrogens is 3. The second-order valence-electron chi connectivity index (χ2n) is 5.74. The molecule has 1 aromatic heterocycles. The molecule has 0 atom stereocenters. The van der Waals surface area contributed by atoms with E-state index in [0.29, 0.717) is 11.4 Å². The van der Waals surface area contributed by atoms with Gasteiger partial charge in [-0.1, -0.05) is 29.3 Å². The van der Waals surface area contributed by atoms with Gasteiger partial charge in [-0.3, -0.25) is 4.79 Å². The zero-order valence-electron chi connectivity index (χ0n) is 14.3. The molecule has 12 heteroatoms. The van der Waals surface area contributed by atoms with Crippen LogP contribution in [0.3, 0.4) is 0 Å². The predicted octanol–water partition coefficient (Wildman–Crippen LogP) is 3.09. The molecule has 0 spiro atoms. The number of carbonyl (C=O) groups excluding carboxylic acids is 1. The Morgan fingerprint density at radius 3 is 2.39 bits per heavy atom. The van der Waals surface area contributed by atoms with Gasteiger partial charge >= 0.3 is 0 Å². The van der Waals surface area contributed by atoms with Crippen LogP contribution in [0.25, 0.3) is 0 Å². The smallest absolute Gasteiger partial charge is 0.258 e. The van der Waals surface area contributed by atoms with E-state index in [1.807, 2.05) is 0 Å². The van der Waals surface area contributed by atoms with Crippen LogP contribution in [0.5, 0.6) is 0 Å².